The van der Waals surface area contributed by atoms with Crippen molar-refractivity contribution in [3.05, 3.63) is 58.3 Å². The van der Waals surface area contributed by atoms with Gasteiger partial charge in [0, 0.05) is 58.6 Å². The maximum Gasteiger partial charge on any atom is 0.256 e. The van der Waals surface area contributed by atoms with E-state index in [9.17, 15) is 4.79 Å². The normalized spacial score (nSPS) is 23.4. The number of carbonyl (C=O) groups excluding carboxylic acids is 1. The van der Waals surface area contributed by atoms with E-state index in [4.69, 9.17) is 4.74 Å². The molecule has 1 saturated heterocycles. The highest BCUT2D eigenvalue weighted by Crippen LogP contribution is 2.30. The summed E-state index contributed by atoms with van der Waals surface area (Å²) in [6.45, 7) is 5.51. The third kappa shape index (κ3) is 4.22. The molecule has 0 radical (unpaired) electrons. The number of amides is 1. The molecule has 1 aromatic carbocycles. The smallest absolute Gasteiger partial charge is 0.256 e. The lowest BCUT2D eigenvalue weighted by Gasteiger charge is -2.26. The van der Waals surface area contributed by atoms with Gasteiger partial charge in [-0.1, -0.05) is 31.0 Å². The number of anilines is 1. The summed E-state index contributed by atoms with van der Waals surface area (Å²) >= 11 is 0. The molecule has 34 heavy (non-hydrogen) atoms. The number of hydrogen-bond acceptors (Lipinski definition) is 5. The van der Waals surface area contributed by atoms with Crippen molar-refractivity contribution in [2.75, 3.05) is 38.2 Å². The fourth-order valence-corrected chi connectivity index (χ4v) is 6.43. The second kappa shape index (κ2) is 9.31. The zero-order chi connectivity index (χ0) is 23.1. The van der Waals surface area contributed by atoms with Gasteiger partial charge < -0.3 is 14.5 Å². The van der Waals surface area contributed by atoms with Crippen LogP contribution in [0, 0.1) is 0 Å². The summed E-state index contributed by atoms with van der Waals surface area (Å²) < 4.78 is 5.50. The Morgan fingerprint density at radius 3 is 2.62 bits per heavy atom. The number of pyridine rings is 1. The highest BCUT2D eigenvalue weighted by atomic mass is 16.5. The van der Waals surface area contributed by atoms with Gasteiger partial charge in [-0.15, -0.1) is 0 Å². The van der Waals surface area contributed by atoms with E-state index in [2.05, 4.69) is 39.0 Å². The second-order valence-electron chi connectivity index (χ2n) is 10.5. The number of hydrogen-bond donors (Lipinski definition) is 0. The summed E-state index contributed by atoms with van der Waals surface area (Å²) in [6, 6.07) is 9.83. The number of fused-ring (bicyclic) bond motifs is 2. The third-order valence-electron chi connectivity index (χ3n) is 8.48. The third-order valence-corrected chi connectivity index (χ3v) is 8.48. The molecule has 0 bridgehead atoms. The second-order valence-corrected chi connectivity index (χ2v) is 10.5. The summed E-state index contributed by atoms with van der Waals surface area (Å²) in [7, 11) is 1.77. The number of aromatic nitrogens is 1. The Balaban J connectivity index is 1.13. The van der Waals surface area contributed by atoms with Crippen molar-refractivity contribution in [2.45, 2.75) is 70.2 Å². The van der Waals surface area contributed by atoms with Crippen LogP contribution in [0.5, 0.6) is 0 Å². The maximum atomic E-state index is 13.1. The van der Waals surface area contributed by atoms with Gasteiger partial charge >= 0.3 is 0 Å². The van der Waals surface area contributed by atoms with Crippen LogP contribution >= 0.6 is 0 Å². The predicted molar refractivity (Wildman–Crippen MR) is 133 cm³/mol. The standard InChI is InChI=1S/C28H36N4O2/c1-34-25-10-13-31(19-25)27-15-23-18-32(28(33)26(23)16-29-27)17-20-6-7-21-8-11-30(12-9-22(21)14-20)24-4-2-3-5-24/h6-7,14-16,24-25H,2-5,8-13,17-19H2,1H3/t25-/m1/s1. The monoisotopic (exact) mass is 460 g/mol. The number of carbonyl (C=O) groups is 1. The van der Waals surface area contributed by atoms with Crippen molar-refractivity contribution in [3.63, 3.8) is 0 Å². The number of ether oxygens (including phenoxy) is 1. The molecule has 1 aromatic heterocycles. The maximum absolute atomic E-state index is 13.1. The van der Waals surface area contributed by atoms with Gasteiger partial charge in [-0.25, -0.2) is 4.98 Å². The van der Waals surface area contributed by atoms with E-state index < -0.39 is 0 Å². The summed E-state index contributed by atoms with van der Waals surface area (Å²) in [4.78, 5) is 24.7. The molecule has 1 atom stereocenters. The molecule has 2 aromatic rings. The van der Waals surface area contributed by atoms with E-state index in [-0.39, 0.29) is 12.0 Å². The lowest BCUT2D eigenvalue weighted by molar-refractivity contribution is 0.0766. The van der Waals surface area contributed by atoms with Gasteiger partial charge in [0.05, 0.1) is 11.7 Å². The molecule has 0 N–H and O–H groups in total. The highest BCUT2D eigenvalue weighted by Gasteiger charge is 2.31. The minimum absolute atomic E-state index is 0.104. The van der Waals surface area contributed by atoms with E-state index in [0.29, 0.717) is 13.1 Å². The molecule has 3 aliphatic heterocycles. The first kappa shape index (κ1) is 22.1. The molecule has 4 heterocycles. The van der Waals surface area contributed by atoms with Gasteiger partial charge in [0.25, 0.3) is 5.91 Å². The first-order valence-corrected chi connectivity index (χ1v) is 13.1. The van der Waals surface area contributed by atoms with Crippen LogP contribution < -0.4 is 4.90 Å². The Morgan fingerprint density at radius 1 is 1.00 bits per heavy atom. The molecule has 6 rings (SSSR count). The Morgan fingerprint density at radius 2 is 1.82 bits per heavy atom. The van der Waals surface area contributed by atoms with Gasteiger partial charge in [-0.2, -0.15) is 0 Å². The molecular formula is C28H36N4O2. The molecule has 2 fully saturated rings. The Kier molecular flexibility index (Phi) is 6.04. The van der Waals surface area contributed by atoms with Crippen molar-refractivity contribution in [1.29, 1.82) is 0 Å². The Bertz CT molecular complexity index is 1060. The van der Waals surface area contributed by atoms with Crippen LogP contribution in [-0.4, -0.2) is 66.1 Å². The topological polar surface area (TPSA) is 48.9 Å². The first-order chi connectivity index (χ1) is 16.7. The van der Waals surface area contributed by atoms with Gasteiger partial charge in [-0.05, 0) is 60.4 Å². The molecule has 6 nitrogen and oxygen atoms in total. The predicted octanol–water partition coefficient (Wildman–Crippen LogP) is 3.81. The van der Waals surface area contributed by atoms with Crippen LogP contribution in [0.2, 0.25) is 0 Å². The fourth-order valence-electron chi connectivity index (χ4n) is 6.43. The molecule has 4 aliphatic rings. The molecule has 1 saturated carbocycles. The quantitative estimate of drug-likeness (QED) is 0.679. The molecular weight excluding hydrogens is 424 g/mol. The van der Waals surface area contributed by atoms with Crippen LogP contribution in [0.25, 0.3) is 0 Å². The molecule has 0 spiro atoms. The molecule has 180 valence electrons. The summed E-state index contributed by atoms with van der Waals surface area (Å²) in [5.74, 6) is 1.07. The number of benzene rings is 1. The first-order valence-electron chi connectivity index (χ1n) is 13.1. The van der Waals surface area contributed by atoms with E-state index in [0.717, 1.165) is 55.3 Å². The summed E-state index contributed by atoms with van der Waals surface area (Å²) in [5.41, 5.74) is 6.07. The molecule has 1 aliphatic carbocycles. The van der Waals surface area contributed by atoms with Crippen molar-refractivity contribution < 1.29 is 9.53 Å². The van der Waals surface area contributed by atoms with Gasteiger partial charge in [0.15, 0.2) is 0 Å². The Hall–Kier alpha value is -2.44. The molecule has 0 unspecified atom stereocenters. The zero-order valence-electron chi connectivity index (χ0n) is 20.3. The molecule has 6 heteroatoms. The number of nitrogens with zero attached hydrogens (tertiary/aromatic N) is 4. The average molecular weight is 461 g/mol. The zero-order valence-corrected chi connectivity index (χ0v) is 20.3. The van der Waals surface area contributed by atoms with Crippen LogP contribution in [0.15, 0.2) is 30.5 Å². The lowest BCUT2D eigenvalue weighted by Crippen LogP contribution is -2.35. The summed E-state index contributed by atoms with van der Waals surface area (Å²) in [6.07, 6.45) is 10.9. The van der Waals surface area contributed by atoms with Crippen LogP contribution in [0.4, 0.5) is 5.82 Å². The van der Waals surface area contributed by atoms with E-state index in [1.807, 2.05) is 4.90 Å². The summed E-state index contributed by atoms with van der Waals surface area (Å²) in [5, 5.41) is 0. The largest absolute Gasteiger partial charge is 0.380 e. The highest BCUT2D eigenvalue weighted by molar-refractivity contribution is 5.98. The van der Waals surface area contributed by atoms with Crippen molar-refractivity contribution in [1.82, 2.24) is 14.8 Å². The minimum atomic E-state index is 0.104. The lowest BCUT2D eigenvalue weighted by atomic mass is 10.00. The van der Waals surface area contributed by atoms with E-state index >= 15 is 0 Å². The molecule has 1 amide bonds. The van der Waals surface area contributed by atoms with E-state index in [1.54, 1.807) is 13.3 Å². The fraction of sp³-hybridized carbons (Fsp3) is 0.571. The number of methoxy groups -OCH3 is 1. The Labute approximate surface area is 202 Å². The van der Waals surface area contributed by atoms with Gasteiger partial charge in [0.1, 0.15) is 5.82 Å². The van der Waals surface area contributed by atoms with Crippen LogP contribution in [0.3, 0.4) is 0 Å². The van der Waals surface area contributed by atoms with Crippen molar-refractivity contribution in [2.24, 2.45) is 0 Å². The van der Waals surface area contributed by atoms with Crippen LogP contribution in [-0.2, 0) is 30.7 Å². The average Bonchev–Trinajstić information content (AvgIpc) is 3.59. The van der Waals surface area contributed by atoms with Crippen molar-refractivity contribution in [3.8, 4) is 0 Å². The number of rotatable bonds is 5. The van der Waals surface area contributed by atoms with Gasteiger partial charge in [0.2, 0.25) is 0 Å². The van der Waals surface area contributed by atoms with Gasteiger partial charge in [-0.3, -0.25) is 9.69 Å². The van der Waals surface area contributed by atoms with Crippen LogP contribution in [0.1, 0.15) is 64.7 Å². The minimum Gasteiger partial charge on any atom is -0.380 e. The van der Waals surface area contributed by atoms with Crippen molar-refractivity contribution >= 4 is 11.7 Å². The SMILES string of the molecule is CO[C@@H]1CCN(c2cc3c(cn2)C(=O)N(Cc2ccc4c(c2)CCN(C2CCCC2)CC4)C3)C1. The van der Waals surface area contributed by atoms with E-state index in [1.165, 1.54) is 55.5 Å².